The Bertz CT molecular complexity index is 552. The van der Waals surface area contributed by atoms with Gasteiger partial charge in [-0.1, -0.05) is 30.0 Å². The van der Waals surface area contributed by atoms with Crippen molar-refractivity contribution in [1.29, 1.82) is 0 Å². The van der Waals surface area contributed by atoms with Crippen LogP contribution in [0.2, 0.25) is 0 Å². The molecule has 2 aromatic rings. The van der Waals surface area contributed by atoms with Gasteiger partial charge in [0.05, 0.1) is 5.56 Å². The molecule has 2 aromatic carbocycles. The van der Waals surface area contributed by atoms with Crippen LogP contribution < -0.4 is 5.73 Å². The van der Waals surface area contributed by atoms with Gasteiger partial charge in [0.15, 0.2) is 0 Å². The summed E-state index contributed by atoms with van der Waals surface area (Å²) < 4.78 is 37.8. The van der Waals surface area contributed by atoms with Crippen LogP contribution in [-0.4, -0.2) is 0 Å². The minimum Gasteiger partial charge on any atom is -0.326 e. The van der Waals surface area contributed by atoms with Crippen LogP contribution in [0.15, 0.2) is 58.3 Å². The summed E-state index contributed by atoms with van der Waals surface area (Å²) in [4.78, 5) is 1.72. The van der Waals surface area contributed by atoms with Gasteiger partial charge >= 0.3 is 6.18 Å². The molecule has 100 valence electrons. The molecule has 0 amide bonds. The number of halogens is 3. The fourth-order valence-corrected chi connectivity index (χ4v) is 2.59. The molecule has 0 unspecified atom stereocenters. The minimum atomic E-state index is -4.33. The first-order valence-electron chi connectivity index (χ1n) is 5.64. The number of hydrogen-bond donors (Lipinski definition) is 1. The van der Waals surface area contributed by atoms with Crippen LogP contribution in [0, 0.1) is 0 Å². The van der Waals surface area contributed by atoms with Crippen LogP contribution in [0.4, 0.5) is 13.2 Å². The summed E-state index contributed by atoms with van der Waals surface area (Å²) in [6, 6.07) is 13.1. The van der Waals surface area contributed by atoms with E-state index in [4.69, 9.17) is 5.73 Å². The van der Waals surface area contributed by atoms with Gasteiger partial charge in [-0.15, -0.1) is 0 Å². The standard InChI is InChI=1S/C14H12F3NS/c15-14(16,17)11-6-7-13(10(8-11)9-18)19-12-4-2-1-3-5-12/h1-8H,9,18H2. The van der Waals surface area contributed by atoms with Crippen LogP contribution >= 0.6 is 11.8 Å². The lowest BCUT2D eigenvalue weighted by molar-refractivity contribution is -0.137. The Morgan fingerprint density at radius 2 is 1.68 bits per heavy atom. The molecule has 0 spiro atoms. The molecule has 19 heavy (non-hydrogen) atoms. The number of rotatable bonds is 3. The van der Waals surface area contributed by atoms with Crippen molar-refractivity contribution in [2.24, 2.45) is 5.73 Å². The number of nitrogens with two attached hydrogens (primary N) is 1. The van der Waals surface area contributed by atoms with E-state index in [1.807, 2.05) is 30.3 Å². The quantitative estimate of drug-likeness (QED) is 0.908. The topological polar surface area (TPSA) is 26.0 Å². The molecule has 2 rings (SSSR count). The van der Waals surface area contributed by atoms with Gasteiger partial charge in [-0.05, 0) is 35.9 Å². The molecule has 1 nitrogen and oxygen atoms in total. The van der Waals surface area contributed by atoms with E-state index < -0.39 is 11.7 Å². The first-order chi connectivity index (χ1) is 9.00. The summed E-state index contributed by atoms with van der Waals surface area (Å²) in [5.74, 6) is 0. The summed E-state index contributed by atoms with van der Waals surface area (Å²) in [5.41, 5.74) is 5.38. The predicted molar refractivity (Wildman–Crippen MR) is 69.9 cm³/mol. The highest BCUT2D eigenvalue weighted by molar-refractivity contribution is 7.99. The highest BCUT2D eigenvalue weighted by atomic mass is 32.2. The maximum atomic E-state index is 12.6. The van der Waals surface area contributed by atoms with Gasteiger partial charge in [-0.3, -0.25) is 0 Å². The van der Waals surface area contributed by atoms with E-state index in [1.165, 1.54) is 17.8 Å². The summed E-state index contributed by atoms with van der Waals surface area (Å²) in [6.45, 7) is 0.0824. The molecule has 0 fully saturated rings. The van der Waals surface area contributed by atoms with Crippen molar-refractivity contribution in [2.75, 3.05) is 0 Å². The summed E-state index contributed by atoms with van der Waals surface area (Å²) in [6.07, 6.45) is -4.33. The average molecular weight is 283 g/mol. The first kappa shape index (κ1) is 14.0. The zero-order chi connectivity index (χ0) is 13.9. The zero-order valence-corrected chi connectivity index (χ0v) is 10.8. The Balaban J connectivity index is 2.32. The molecule has 0 bridgehead atoms. The minimum absolute atomic E-state index is 0.0824. The second-order valence-corrected chi connectivity index (χ2v) is 5.05. The molecular weight excluding hydrogens is 271 g/mol. The van der Waals surface area contributed by atoms with Crippen molar-refractivity contribution in [2.45, 2.75) is 22.5 Å². The maximum Gasteiger partial charge on any atom is 0.416 e. The smallest absolute Gasteiger partial charge is 0.326 e. The third-order valence-corrected chi connectivity index (χ3v) is 3.70. The highest BCUT2D eigenvalue weighted by Crippen LogP contribution is 2.35. The van der Waals surface area contributed by atoms with Crippen LogP contribution in [0.5, 0.6) is 0 Å². The van der Waals surface area contributed by atoms with Gasteiger partial charge in [-0.25, -0.2) is 0 Å². The summed E-state index contributed by atoms with van der Waals surface area (Å²) in [7, 11) is 0. The van der Waals surface area contributed by atoms with E-state index in [2.05, 4.69) is 0 Å². The molecule has 0 saturated heterocycles. The molecule has 0 aliphatic heterocycles. The van der Waals surface area contributed by atoms with Gasteiger partial charge < -0.3 is 5.73 Å². The second kappa shape index (κ2) is 5.67. The van der Waals surface area contributed by atoms with Gasteiger partial charge in [0.2, 0.25) is 0 Å². The van der Waals surface area contributed by atoms with Crippen LogP contribution in [-0.2, 0) is 12.7 Å². The van der Waals surface area contributed by atoms with E-state index in [9.17, 15) is 13.2 Å². The fraction of sp³-hybridized carbons (Fsp3) is 0.143. The SMILES string of the molecule is NCc1cc(C(F)(F)F)ccc1Sc1ccccc1. The summed E-state index contributed by atoms with van der Waals surface area (Å²) in [5, 5.41) is 0. The molecule has 2 N–H and O–H groups in total. The van der Waals surface area contributed by atoms with E-state index in [0.29, 0.717) is 5.56 Å². The highest BCUT2D eigenvalue weighted by Gasteiger charge is 2.30. The van der Waals surface area contributed by atoms with E-state index in [-0.39, 0.29) is 6.54 Å². The van der Waals surface area contributed by atoms with Gasteiger partial charge in [0, 0.05) is 16.3 Å². The Kier molecular flexibility index (Phi) is 4.17. The lowest BCUT2D eigenvalue weighted by Gasteiger charge is -2.12. The van der Waals surface area contributed by atoms with Crippen molar-refractivity contribution in [3.8, 4) is 0 Å². The van der Waals surface area contributed by atoms with Gasteiger partial charge in [0.1, 0.15) is 0 Å². The molecule has 0 heterocycles. The molecule has 0 saturated carbocycles. The van der Waals surface area contributed by atoms with Gasteiger partial charge in [-0.2, -0.15) is 13.2 Å². The predicted octanol–water partition coefficient (Wildman–Crippen LogP) is 4.32. The molecular formula is C14H12F3NS. The molecule has 0 aliphatic rings. The number of benzene rings is 2. The van der Waals surface area contributed by atoms with E-state index >= 15 is 0 Å². The average Bonchev–Trinajstić information content (AvgIpc) is 2.39. The Morgan fingerprint density at radius 1 is 1.00 bits per heavy atom. The maximum absolute atomic E-state index is 12.6. The lowest BCUT2D eigenvalue weighted by atomic mass is 10.1. The van der Waals surface area contributed by atoms with Crippen LogP contribution in [0.3, 0.4) is 0 Å². The molecule has 0 aromatic heterocycles. The largest absolute Gasteiger partial charge is 0.416 e. The number of alkyl halides is 3. The molecule has 0 radical (unpaired) electrons. The van der Waals surface area contributed by atoms with Crippen molar-refractivity contribution < 1.29 is 13.2 Å². The Labute approximate surface area is 113 Å². The third kappa shape index (κ3) is 3.52. The monoisotopic (exact) mass is 283 g/mol. The van der Waals surface area contributed by atoms with Crippen LogP contribution in [0.1, 0.15) is 11.1 Å². The normalized spacial score (nSPS) is 11.6. The van der Waals surface area contributed by atoms with E-state index in [0.717, 1.165) is 21.9 Å². The third-order valence-electron chi connectivity index (χ3n) is 2.58. The van der Waals surface area contributed by atoms with E-state index in [1.54, 1.807) is 0 Å². The van der Waals surface area contributed by atoms with Gasteiger partial charge in [0.25, 0.3) is 0 Å². The lowest BCUT2D eigenvalue weighted by Crippen LogP contribution is -2.07. The Morgan fingerprint density at radius 3 is 2.26 bits per heavy atom. The van der Waals surface area contributed by atoms with Crippen molar-refractivity contribution in [3.63, 3.8) is 0 Å². The van der Waals surface area contributed by atoms with Crippen LogP contribution in [0.25, 0.3) is 0 Å². The first-order valence-corrected chi connectivity index (χ1v) is 6.45. The second-order valence-electron chi connectivity index (χ2n) is 3.94. The van der Waals surface area contributed by atoms with Crippen molar-refractivity contribution >= 4 is 11.8 Å². The zero-order valence-electron chi connectivity index (χ0n) is 9.95. The molecule has 0 atom stereocenters. The Hall–Kier alpha value is -1.46. The van der Waals surface area contributed by atoms with Crippen molar-refractivity contribution in [3.05, 3.63) is 59.7 Å². The molecule has 5 heteroatoms. The number of hydrogen-bond acceptors (Lipinski definition) is 2. The summed E-state index contributed by atoms with van der Waals surface area (Å²) >= 11 is 1.41. The fourth-order valence-electron chi connectivity index (χ4n) is 1.63. The van der Waals surface area contributed by atoms with Crippen molar-refractivity contribution in [1.82, 2.24) is 0 Å². The molecule has 0 aliphatic carbocycles.